The fraction of sp³-hybridized carbons (Fsp3) is 0.158. The van der Waals surface area contributed by atoms with Crippen LogP contribution in [0.3, 0.4) is 0 Å². The maximum atomic E-state index is 9.49. The van der Waals surface area contributed by atoms with Crippen LogP contribution >= 0.6 is 15.9 Å². The standard InChI is InChI=1S/C19H16BrN3O/c1-2-9-24-18-8-7-13(11-15(18)20)10-14(12-21)19-22-16-5-3-4-6-17(16)23-19/h3-8,10-11H,2,9H2,1H3,(H,22,23)/b14-10+. The second kappa shape index (κ2) is 7.33. The van der Waals surface area contributed by atoms with Gasteiger partial charge in [0.2, 0.25) is 0 Å². The smallest absolute Gasteiger partial charge is 0.149 e. The highest BCUT2D eigenvalue weighted by Crippen LogP contribution is 2.28. The molecule has 3 aromatic rings. The first-order valence-electron chi connectivity index (χ1n) is 7.70. The van der Waals surface area contributed by atoms with Gasteiger partial charge in [0.05, 0.1) is 27.7 Å². The van der Waals surface area contributed by atoms with Crippen molar-refractivity contribution in [2.75, 3.05) is 6.61 Å². The first-order chi connectivity index (χ1) is 11.7. The number of benzene rings is 2. The van der Waals surface area contributed by atoms with Crippen molar-refractivity contribution < 1.29 is 4.74 Å². The molecule has 0 aliphatic carbocycles. The van der Waals surface area contributed by atoms with Gasteiger partial charge in [-0.1, -0.05) is 25.1 Å². The number of aromatic nitrogens is 2. The number of imidazole rings is 1. The molecule has 0 fully saturated rings. The summed E-state index contributed by atoms with van der Waals surface area (Å²) in [7, 11) is 0. The van der Waals surface area contributed by atoms with E-state index >= 15 is 0 Å². The van der Waals surface area contributed by atoms with Crippen LogP contribution < -0.4 is 4.74 Å². The van der Waals surface area contributed by atoms with Gasteiger partial charge in [-0.05, 0) is 58.3 Å². The molecule has 2 aromatic carbocycles. The van der Waals surface area contributed by atoms with E-state index < -0.39 is 0 Å². The molecule has 0 aliphatic rings. The third kappa shape index (κ3) is 3.50. The van der Waals surface area contributed by atoms with Gasteiger partial charge in [-0.25, -0.2) is 4.98 Å². The van der Waals surface area contributed by atoms with Crippen LogP contribution in [0.25, 0.3) is 22.7 Å². The molecule has 4 nitrogen and oxygen atoms in total. The fourth-order valence-corrected chi connectivity index (χ4v) is 2.85. The Labute approximate surface area is 148 Å². The summed E-state index contributed by atoms with van der Waals surface area (Å²) in [6.45, 7) is 2.74. The highest BCUT2D eigenvalue weighted by molar-refractivity contribution is 9.10. The van der Waals surface area contributed by atoms with Gasteiger partial charge in [0.15, 0.2) is 0 Å². The van der Waals surface area contributed by atoms with Crippen molar-refractivity contribution in [3.63, 3.8) is 0 Å². The van der Waals surface area contributed by atoms with Crippen molar-refractivity contribution in [2.45, 2.75) is 13.3 Å². The summed E-state index contributed by atoms with van der Waals surface area (Å²) in [6, 6.07) is 15.7. The van der Waals surface area contributed by atoms with E-state index in [0.29, 0.717) is 18.0 Å². The molecular formula is C19H16BrN3O. The van der Waals surface area contributed by atoms with Crippen molar-refractivity contribution in [1.82, 2.24) is 9.97 Å². The Kier molecular flexibility index (Phi) is 4.97. The number of allylic oxidation sites excluding steroid dienone is 1. The second-order valence-corrected chi connectivity index (χ2v) is 6.17. The van der Waals surface area contributed by atoms with E-state index in [0.717, 1.165) is 33.2 Å². The predicted octanol–water partition coefficient (Wildman–Crippen LogP) is 5.18. The lowest BCUT2D eigenvalue weighted by Gasteiger charge is -2.07. The molecule has 0 radical (unpaired) electrons. The molecule has 0 bridgehead atoms. The normalized spacial score (nSPS) is 11.5. The summed E-state index contributed by atoms with van der Waals surface area (Å²) in [5, 5.41) is 9.49. The number of halogens is 1. The molecular weight excluding hydrogens is 366 g/mol. The average molecular weight is 382 g/mol. The first-order valence-corrected chi connectivity index (χ1v) is 8.50. The lowest BCUT2D eigenvalue weighted by molar-refractivity contribution is 0.315. The molecule has 5 heteroatoms. The minimum atomic E-state index is 0.486. The van der Waals surface area contributed by atoms with E-state index in [1.807, 2.05) is 48.5 Å². The summed E-state index contributed by atoms with van der Waals surface area (Å²) in [5.74, 6) is 1.37. The largest absolute Gasteiger partial charge is 0.492 e. The lowest BCUT2D eigenvalue weighted by Crippen LogP contribution is -1.95. The number of nitrogens with zero attached hydrogens (tertiary/aromatic N) is 2. The molecule has 1 N–H and O–H groups in total. The molecule has 0 atom stereocenters. The summed E-state index contributed by atoms with van der Waals surface area (Å²) in [6.07, 6.45) is 2.77. The van der Waals surface area contributed by atoms with Gasteiger partial charge in [0.1, 0.15) is 17.6 Å². The third-order valence-electron chi connectivity index (χ3n) is 3.49. The van der Waals surface area contributed by atoms with Gasteiger partial charge in [0, 0.05) is 0 Å². The highest BCUT2D eigenvalue weighted by atomic mass is 79.9. The topological polar surface area (TPSA) is 61.7 Å². The van der Waals surface area contributed by atoms with Gasteiger partial charge >= 0.3 is 0 Å². The number of rotatable bonds is 5. The monoisotopic (exact) mass is 381 g/mol. The second-order valence-electron chi connectivity index (χ2n) is 5.31. The summed E-state index contributed by atoms with van der Waals surface area (Å²) in [4.78, 5) is 7.66. The third-order valence-corrected chi connectivity index (χ3v) is 4.11. The molecule has 0 spiro atoms. The highest BCUT2D eigenvalue weighted by Gasteiger charge is 2.08. The quantitative estimate of drug-likeness (QED) is 0.619. The number of nitriles is 1. The molecule has 0 amide bonds. The number of fused-ring (bicyclic) bond motifs is 1. The van der Waals surface area contributed by atoms with E-state index in [2.05, 4.69) is 38.9 Å². The number of nitrogens with one attached hydrogen (secondary N) is 1. The molecule has 0 saturated carbocycles. The van der Waals surface area contributed by atoms with Crippen LogP contribution in [0.2, 0.25) is 0 Å². The maximum Gasteiger partial charge on any atom is 0.149 e. The number of hydrogen-bond acceptors (Lipinski definition) is 3. The molecule has 0 unspecified atom stereocenters. The number of hydrogen-bond donors (Lipinski definition) is 1. The zero-order chi connectivity index (χ0) is 16.9. The minimum absolute atomic E-state index is 0.486. The van der Waals surface area contributed by atoms with Gasteiger partial charge < -0.3 is 9.72 Å². The SMILES string of the molecule is CCCOc1ccc(/C=C(\C#N)c2nc3ccccc3[nH]2)cc1Br. The Balaban J connectivity index is 1.93. The van der Waals surface area contributed by atoms with E-state index in [1.165, 1.54) is 0 Å². The summed E-state index contributed by atoms with van der Waals surface area (Å²) >= 11 is 3.51. The summed E-state index contributed by atoms with van der Waals surface area (Å²) in [5.41, 5.74) is 3.15. The fourth-order valence-electron chi connectivity index (χ4n) is 2.34. The van der Waals surface area contributed by atoms with E-state index in [-0.39, 0.29) is 0 Å². The number of aromatic amines is 1. The van der Waals surface area contributed by atoms with Gasteiger partial charge in [0.25, 0.3) is 0 Å². The average Bonchev–Trinajstić information content (AvgIpc) is 3.02. The zero-order valence-electron chi connectivity index (χ0n) is 13.2. The predicted molar refractivity (Wildman–Crippen MR) is 99.5 cm³/mol. The number of ether oxygens (including phenoxy) is 1. The lowest BCUT2D eigenvalue weighted by atomic mass is 10.1. The number of para-hydroxylation sites is 2. The molecule has 1 heterocycles. The summed E-state index contributed by atoms with van der Waals surface area (Å²) < 4.78 is 6.51. The van der Waals surface area contributed by atoms with E-state index in [9.17, 15) is 5.26 Å². The van der Waals surface area contributed by atoms with Crippen molar-refractivity contribution in [3.05, 3.63) is 58.3 Å². The van der Waals surface area contributed by atoms with Crippen molar-refractivity contribution in [2.24, 2.45) is 0 Å². The molecule has 3 rings (SSSR count). The van der Waals surface area contributed by atoms with Crippen LogP contribution in [-0.2, 0) is 0 Å². The van der Waals surface area contributed by atoms with Crippen LogP contribution in [0.5, 0.6) is 5.75 Å². The zero-order valence-corrected chi connectivity index (χ0v) is 14.8. The minimum Gasteiger partial charge on any atom is -0.492 e. The Morgan fingerprint density at radius 1 is 1.33 bits per heavy atom. The van der Waals surface area contributed by atoms with Crippen LogP contribution in [0.4, 0.5) is 0 Å². The molecule has 120 valence electrons. The van der Waals surface area contributed by atoms with Crippen molar-refractivity contribution in [3.8, 4) is 11.8 Å². The Hall–Kier alpha value is -2.58. The maximum absolute atomic E-state index is 9.49. The molecule has 0 saturated heterocycles. The van der Waals surface area contributed by atoms with Gasteiger partial charge in [-0.15, -0.1) is 0 Å². The van der Waals surface area contributed by atoms with Crippen LogP contribution in [0, 0.1) is 11.3 Å². The van der Waals surface area contributed by atoms with Crippen LogP contribution in [0.1, 0.15) is 24.7 Å². The van der Waals surface area contributed by atoms with Gasteiger partial charge in [-0.3, -0.25) is 0 Å². The van der Waals surface area contributed by atoms with E-state index in [1.54, 1.807) is 0 Å². The molecule has 0 aliphatic heterocycles. The Morgan fingerprint density at radius 3 is 2.88 bits per heavy atom. The van der Waals surface area contributed by atoms with Crippen LogP contribution in [-0.4, -0.2) is 16.6 Å². The molecule has 24 heavy (non-hydrogen) atoms. The Bertz CT molecular complexity index is 904. The number of H-pyrrole nitrogens is 1. The van der Waals surface area contributed by atoms with Gasteiger partial charge in [-0.2, -0.15) is 5.26 Å². The van der Waals surface area contributed by atoms with E-state index in [4.69, 9.17) is 4.74 Å². The molecule has 1 aromatic heterocycles. The Morgan fingerprint density at radius 2 is 2.17 bits per heavy atom. The van der Waals surface area contributed by atoms with Crippen molar-refractivity contribution >= 4 is 38.6 Å². The van der Waals surface area contributed by atoms with Crippen molar-refractivity contribution in [1.29, 1.82) is 5.26 Å². The van der Waals surface area contributed by atoms with Crippen LogP contribution in [0.15, 0.2) is 46.9 Å². The first kappa shape index (κ1) is 16.3.